The number of fused-ring (bicyclic) bond motifs is 1. The molecule has 20 heavy (non-hydrogen) atoms. The largest absolute Gasteiger partial charge is 0.486 e. The lowest BCUT2D eigenvalue weighted by Crippen LogP contribution is -2.15. The van der Waals surface area contributed by atoms with E-state index in [2.05, 4.69) is 4.98 Å². The number of hydrogen-bond donors (Lipinski definition) is 1. The van der Waals surface area contributed by atoms with Crippen LogP contribution >= 0.6 is 11.3 Å². The van der Waals surface area contributed by atoms with Crippen LogP contribution in [0.15, 0.2) is 23.0 Å². The third-order valence-corrected chi connectivity index (χ3v) is 3.88. The Morgan fingerprint density at radius 1 is 1.25 bits per heavy atom. The predicted molar refractivity (Wildman–Crippen MR) is 78.8 cm³/mol. The van der Waals surface area contributed by atoms with Crippen molar-refractivity contribution in [2.24, 2.45) is 0 Å². The molecule has 1 aliphatic rings. The topological polar surface area (TPSA) is 54.6 Å². The molecule has 6 heteroatoms. The second-order valence-electron chi connectivity index (χ2n) is 4.91. The quantitative estimate of drug-likeness (QED) is 0.939. The Balaban J connectivity index is 2.02. The van der Waals surface area contributed by atoms with Crippen LogP contribution in [0.5, 0.6) is 11.5 Å². The average Bonchev–Trinajstić information content (AvgIpc) is 2.78. The Labute approximate surface area is 120 Å². The fourth-order valence-corrected chi connectivity index (χ4v) is 3.16. The lowest BCUT2D eigenvalue weighted by Gasteiger charge is -2.19. The number of rotatable bonds is 3. The first-order valence-corrected chi connectivity index (χ1v) is 7.22. The molecule has 0 unspecified atom stereocenters. The van der Waals surface area contributed by atoms with Gasteiger partial charge in [-0.05, 0) is 32.3 Å². The lowest BCUT2D eigenvalue weighted by atomic mass is 10.1. The molecule has 2 heterocycles. The number of nitrogens with zero attached hydrogens (tertiary/aromatic N) is 1. The molecule has 0 saturated carbocycles. The molecule has 1 aliphatic heterocycles. The third kappa shape index (κ3) is 2.57. The molecule has 1 aromatic carbocycles. The number of aromatic amines is 1. The summed E-state index contributed by atoms with van der Waals surface area (Å²) in [4.78, 5) is 17.6. The highest BCUT2D eigenvalue weighted by Gasteiger charge is 2.16. The normalized spacial score (nSPS) is 13.8. The van der Waals surface area contributed by atoms with Gasteiger partial charge in [0.1, 0.15) is 13.2 Å². The third-order valence-electron chi connectivity index (χ3n) is 3.01. The van der Waals surface area contributed by atoms with E-state index < -0.39 is 0 Å². The van der Waals surface area contributed by atoms with Gasteiger partial charge in [-0.2, -0.15) is 0 Å². The van der Waals surface area contributed by atoms with Gasteiger partial charge in [-0.3, -0.25) is 4.79 Å². The van der Waals surface area contributed by atoms with E-state index in [9.17, 15) is 4.79 Å². The number of thiazole rings is 1. The minimum Gasteiger partial charge on any atom is -0.486 e. The minimum atomic E-state index is -0.0354. The van der Waals surface area contributed by atoms with Crippen molar-refractivity contribution in [2.75, 3.05) is 27.3 Å². The maximum Gasteiger partial charge on any atom is 0.305 e. The van der Waals surface area contributed by atoms with Crippen LogP contribution in [0.3, 0.4) is 0 Å². The average molecular weight is 292 g/mol. The molecule has 0 amide bonds. The van der Waals surface area contributed by atoms with Crippen LogP contribution in [0.2, 0.25) is 0 Å². The molecule has 0 fully saturated rings. The van der Waals surface area contributed by atoms with E-state index >= 15 is 0 Å². The highest BCUT2D eigenvalue weighted by molar-refractivity contribution is 7.09. The summed E-state index contributed by atoms with van der Waals surface area (Å²) in [6, 6.07) is 5.76. The van der Waals surface area contributed by atoms with Gasteiger partial charge in [-0.15, -0.1) is 0 Å². The van der Waals surface area contributed by atoms with Crippen LogP contribution in [0.25, 0.3) is 11.3 Å². The molecule has 0 aliphatic carbocycles. The van der Waals surface area contributed by atoms with Gasteiger partial charge in [0.15, 0.2) is 11.5 Å². The van der Waals surface area contributed by atoms with Crippen molar-refractivity contribution in [2.45, 2.75) is 6.54 Å². The summed E-state index contributed by atoms with van der Waals surface area (Å²) in [5.74, 6) is 1.49. The second kappa shape index (κ2) is 5.30. The summed E-state index contributed by atoms with van der Waals surface area (Å²) in [6.45, 7) is 1.86. The lowest BCUT2D eigenvalue weighted by molar-refractivity contribution is 0.171. The molecule has 2 aromatic rings. The zero-order chi connectivity index (χ0) is 14.1. The van der Waals surface area contributed by atoms with Crippen LogP contribution in [0.1, 0.15) is 4.88 Å². The molecule has 0 atom stereocenters. The Morgan fingerprint density at radius 2 is 2.00 bits per heavy atom. The fraction of sp³-hybridized carbons (Fsp3) is 0.357. The monoisotopic (exact) mass is 292 g/mol. The van der Waals surface area contributed by atoms with Gasteiger partial charge in [-0.1, -0.05) is 11.3 Å². The molecule has 0 radical (unpaired) electrons. The number of aromatic nitrogens is 1. The van der Waals surface area contributed by atoms with E-state index in [1.54, 1.807) is 0 Å². The SMILES string of the molecule is CN(C)Cc1sc(=O)[nH]c1-c1ccc2c(c1)OCCO2. The minimum absolute atomic E-state index is 0.0354. The van der Waals surface area contributed by atoms with Crippen molar-refractivity contribution < 1.29 is 9.47 Å². The molecule has 106 valence electrons. The van der Waals surface area contributed by atoms with Crippen LogP contribution in [-0.2, 0) is 6.54 Å². The van der Waals surface area contributed by atoms with Crippen molar-refractivity contribution in [1.82, 2.24) is 9.88 Å². The molecule has 0 saturated heterocycles. The maximum absolute atomic E-state index is 11.6. The molecule has 0 bridgehead atoms. The molecule has 3 rings (SSSR count). The summed E-state index contributed by atoms with van der Waals surface area (Å²) in [5.41, 5.74) is 1.81. The number of hydrogen-bond acceptors (Lipinski definition) is 5. The first-order chi connectivity index (χ1) is 9.63. The molecule has 0 spiro atoms. The zero-order valence-corrected chi connectivity index (χ0v) is 12.3. The maximum atomic E-state index is 11.6. The zero-order valence-electron chi connectivity index (χ0n) is 11.4. The highest BCUT2D eigenvalue weighted by atomic mass is 32.1. The van der Waals surface area contributed by atoms with E-state index in [4.69, 9.17) is 9.47 Å². The smallest absolute Gasteiger partial charge is 0.305 e. The Morgan fingerprint density at radius 3 is 2.75 bits per heavy atom. The van der Waals surface area contributed by atoms with E-state index in [1.807, 2.05) is 37.2 Å². The van der Waals surface area contributed by atoms with Crippen LogP contribution in [0, 0.1) is 0 Å². The van der Waals surface area contributed by atoms with Crippen molar-refractivity contribution >= 4 is 11.3 Å². The van der Waals surface area contributed by atoms with Crippen molar-refractivity contribution in [1.29, 1.82) is 0 Å². The van der Waals surface area contributed by atoms with Crippen molar-refractivity contribution in [3.63, 3.8) is 0 Å². The number of benzene rings is 1. The van der Waals surface area contributed by atoms with Gasteiger partial charge < -0.3 is 19.4 Å². The summed E-state index contributed by atoms with van der Waals surface area (Å²) >= 11 is 1.25. The van der Waals surface area contributed by atoms with Crippen LogP contribution in [0.4, 0.5) is 0 Å². The summed E-state index contributed by atoms with van der Waals surface area (Å²) < 4.78 is 11.1. The Bertz CT molecular complexity index is 675. The van der Waals surface area contributed by atoms with Crippen molar-refractivity contribution in [3.05, 3.63) is 32.7 Å². The molecular formula is C14H16N2O3S. The van der Waals surface area contributed by atoms with E-state index in [0.29, 0.717) is 13.2 Å². The fourth-order valence-electron chi connectivity index (χ4n) is 2.19. The van der Waals surface area contributed by atoms with Crippen LogP contribution in [-0.4, -0.2) is 37.2 Å². The highest BCUT2D eigenvalue weighted by Crippen LogP contribution is 2.35. The van der Waals surface area contributed by atoms with Gasteiger partial charge in [0.05, 0.1) is 5.69 Å². The van der Waals surface area contributed by atoms with Crippen LogP contribution < -0.4 is 14.3 Å². The number of nitrogens with one attached hydrogen (secondary N) is 1. The molecular weight excluding hydrogens is 276 g/mol. The Kier molecular flexibility index (Phi) is 3.50. The molecule has 1 N–H and O–H groups in total. The summed E-state index contributed by atoms with van der Waals surface area (Å²) in [7, 11) is 3.97. The van der Waals surface area contributed by atoms with Crippen molar-refractivity contribution in [3.8, 4) is 22.8 Å². The number of H-pyrrole nitrogens is 1. The predicted octanol–water partition coefficient (Wildman–Crippen LogP) is 1.94. The standard InChI is InChI=1S/C14H16N2O3S/c1-16(2)8-12-13(15-14(17)20-12)9-3-4-10-11(7-9)19-6-5-18-10/h3-4,7H,5-6,8H2,1-2H3,(H,15,17). The number of ether oxygens (including phenoxy) is 2. The second-order valence-corrected chi connectivity index (χ2v) is 5.98. The van der Waals surface area contributed by atoms with Gasteiger partial charge in [0.2, 0.25) is 0 Å². The van der Waals surface area contributed by atoms with E-state index in [0.717, 1.165) is 34.2 Å². The summed E-state index contributed by atoms with van der Waals surface area (Å²) in [5, 5.41) is 0. The van der Waals surface area contributed by atoms with E-state index in [1.165, 1.54) is 11.3 Å². The molecule has 5 nitrogen and oxygen atoms in total. The van der Waals surface area contributed by atoms with Gasteiger partial charge >= 0.3 is 4.87 Å². The first-order valence-electron chi connectivity index (χ1n) is 6.40. The van der Waals surface area contributed by atoms with Gasteiger partial charge in [0, 0.05) is 17.0 Å². The Hall–Kier alpha value is -1.79. The van der Waals surface area contributed by atoms with Gasteiger partial charge in [-0.25, -0.2) is 0 Å². The van der Waals surface area contributed by atoms with E-state index in [-0.39, 0.29) is 4.87 Å². The first kappa shape index (κ1) is 13.2. The van der Waals surface area contributed by atoms with Gasteiger partial charge in [0.25, 0.3) is 0 Å². The summed E-state index contributed by atoms with van der Waals surface area (Å²) in [6.07, 6.45) is 0. The molecule has 1 aromatic heterocycles.